The Morgan fingerprint density at radius 3 is 2.11 bits per heavy atom. The molecular weight excluding hydrogens is 332 g/mol. The van der Waals surface area contributed by atoms with Gasteiger partial charge in [-0.25, -0.2) is 4.98 Å². The van der Waals surface area contributed by atoms with E-state index >= 15 is 0 Å². The molecule has 2 atom stereocenters. The van der Waals surface area contributed by atoms with Gasteiger partial charge in [-0.15, -0.1) is 0 Å². The molecule has 0 saturated heterocycles. The van der Waals surface area contributed by atoms with Gasteiger partial charge in [0.15, 0.2) is 0 Å². The topological polar surface area (TPSA) is 46.0 Å². The summed E-state index contributed by atoms with van der Waals surface area (Å²) in [6.45, 7) is 15.2. The van der Waals surface area contributed by atoms with Gasteiger partial charge in [-0.1, -0.05) is 65.8 Å². The van der Waals surface area contributed by atoms with E-state index in [9.17, 15) is 5.11 Å². The summed E-state index contributed by atoms with van der Waals surface area (Å²) in [6, 6.07) is 12.1. The Bertz CT molecular complexity index is 967. The number of pyridine rings is 2. The van der Waals surface area contributed by atoms with Crippen molar-refractivity contribution >= 4 is 21.8 Å². The first kappa shape index (κ1) is 19.8. The van der Waals surface area contributed by atoms with Crippen LogP contribution in [-0.2, 0) is 5.60 Å². The zero-order valence-electron chi connectivity index (χ0n) is 17.7. The van der Waals surface area contributed by atoms with Gasteiger partial charge < -0.3 is 5.11 Å². The summed E-state index contributed by atoms with van der Waals surface area (Å²) in [5.41, 5.74) is 1.28. The molecule has 3 aromatic rings. The van der Waals surface area contributed by atoms with Crippen LogP contribution in [0, 0.1) is 16.7 Å². The number of hydrogen-bond acceptors (Lipinski definition) is 3. The van der Waals surface area contributed by atoms with Crippen LogP contribution in [0.5, 0.6) is 0 Å². The Kier molecular flexibility index (Phi) is 4.80. The van der Waals surface area contributed by atoms with E-state index in [1.54, 1.807) is 6.20 Å². The molecule has 2 heterocycles. The van der Waals surface area contributed by atoms with Gasteiger partial charge in [0.1, 0.15) is 5.60 Å². The summed E-state index contributed by atoms with van der Waals surface area (Å²) < 4.78 is 0. The van der Waals surface area contributed by atoms with E-state index in [1.807, 2.05) is 31.2 Å². The zero-order chi connectivity index (χ0) is 20.0. The summed E-state index contributed by atoms with van der Waals surface area (Å²) >= 11 is 0. The van der Waals surface area contributed by atoms with E-state index in [0.717, 1.165) is 28.2 Å². The Labute approximate surface area is 162 Å². The fraction of sp³-hybridized carbons (Fsp3) is 0.500. The molecule has 3 heteroatoms. The molecular formula is C24H32N2O. The molecule has 2 aromatic heterocycles. The van der Waals surface area contributed by atoms with E-state index in [1.165, 1.54) is 0 Å². The second-order valence-corrected chi connectivity index (χ2v) is 9.84. The van der Waals surface area contributed by atoms with Crippen molar-refractivity contribution in [3.8, 4) is 0 Å². The molecule has 0 spiro atoms. The minimum atomic E-state index is -1.04. The Morgan fingerprint density at radius 1 is 0.889 bits per heavy atom. The highest BCUT2D eigenvalue weighted by atomic mass is 16.3. The second kappa shape index (κ2) is 6.56. The van der Waals surface area contributed by atoms with Crippen LogP contribution in [0.15, 0.2) is 42.6 Å². The first-order valence-corrected chi connectivity index (χ1v) is 9.81. The molecule has 1 aromatic carbocycles. The molecule has 0 aliphatic carbocycles. The van der Waals surface area contributed by atoms with E-state index in [0.29, 0.717) is 11.6 Å². The molecule has 2 unspecified atom stereocenters. The normalized spacial score (nSPS) is 16.4. The highest BCUT2D eigenvalue weighted by Crippen LogP contribution is 2.46. The van der Waals surface area contributed by atoms with Crippen molar-refractivity contribution in [3.05, 3.63) is 48.3 Å². The van der Waals surface area contributed by atoms with Gasteiger partial charge >= 0.3 is 0 Å². The smallest absolute Gasteiger partial charge is 0.109 e. The Morgan fingerprint density at radius 2 is 1.48 bits per heavy atom. The van der Waals surface area contributed by atoms with Crippen molar-refractivity contribution in [2.75, 3.05) is 0 Å². The minimum absolute atomic E-state index is 0.199. The molecule has 0 saturated carbocycles. The van der Waals surface area contributed by atoms with Crippen molar-refractivity contribution in [2.45, 2.75) is 60.5 Å². The first-order valence-electron chi connectivity index (χ1n) is 9.81. The SMILES string of the molecule is CC(CC(C)(C)C(C)(O)c1ccc2ccc3cccnc3c2n1)C(C)(C)C. The molecule has 0 radical (unpaired) electrons. The van der Waals surface area contributed by atoms with Crippen molar-refractivity contribution in [2.24, 2.45) is 16.7 Å². The largest absolute Gasteiger partial charge is 0.383 e. The zero-order valence-corrected chi connectivity index (χ0v) is 17.7. The Hall–Kier alpha value is -2.00. The highest BCUT2D eigenvalue weighted by Gasteiger charge is 2.44. The lowest BCUT2D eigenvalue weighted by atomic mass is 9.65. The summed E-state index contributed by atoms with van der Waals surface area (Å²) in [7, 11) is 0. The van der Waals surface area contributed by atoms with Crippen LogP contribution >= 0.6 is 0 Å². The molecule has 3 nitrogen and oxygen atoms in total. The molecule has 0 fully saturated rings. The third-order valence-corrected chi connectivity index (χ3v) is 6.54. The summed E-state index contributed by atoms with van der Waals surface area (Å²) in [4.78, 5) is 9.43. The van der Waals surface area contributed by atoms with Gasteiger partial charge in [-0.05, 0) is 42.2 Å². The summed E-state index contributed by atoms with van der Waals surface area (Å²) in [5, 5.41) is 13.7. The first-order chi connectivity index (χ1) is 12.4. The lowest BCUT2D eigenvalue weighted by molar-refractivity contribution is -0.0778. The maximum Gasteiger partial charge on any atom is 0.109 e. The average Bonchev–Trinajstić information content (AvgIpc) is 2.59. The molecule has 0 bridgehead atoms. The van der Waals surface area contributed by atoms with Crippen LogP contribution in [0.2, 0.25) is 0 Å². The van der Waals surface area contributed by atoms with E-state index in [2.05, 4.69) is 58.7 Å². The Balaban J connectivity index is 2.08. The van der Waals surface area contributed by atoms with Crippen LogP contribution in [0.3, 0.4) is 0 Å². The third-order valence-electron chi connectivity index (χ3n) is 6.54. The number of rotatable bonds is 4. The summed E-state index contributed by atoms with van der Waals surface area (Å²) in [6.07, 6.45) is 2.71. The molecule has 144 valence electrons. The van der Waals surface area contributed by atoms with Crippen LogP contribution in [0.25, 0.3) is 21.8 Å². The van der Waals surface area contributed by atoms with Gasteiger partial charge in [0.05, 0.1) is 16.7 Å². The fourth-order valence-corrected chi connectivity index (χ4v) is 3.61. The maximum absolute atomic E-state index is 11.6. The molecule has 27 heavy (non-hydrogen) atoms. The predicted molar refractivity (Wildman–Crippen MR) is 114 cm³/mol. The third kappa shape index (κ3) is 3.58. The minimum Gasteiger partial charge on any atom is -0.383 e. The molecule has 1 N–H and O–H groups in total. The molecule has 0 aliphatic rings. The van der Waals surface area contributed by atoms with Crippen molar-refractivity contribution < 1.29 is 5.11 Å². The second-order valence-electron chi connectivity index (χ2n) is 9.84. The summed E-state index contributed by atoms with van der Waals surface area (Å²) in [5.74, 6) is 0.474. The predicted octanol–water partition coefficient (Wildman–Crippen LogP) is 6.09. The van der Waals surface area contributed by atoms with Crippen LogP contribution in [0.1, 0.15) is 60.6 Å². The quantitative estimate of drug-likeness (QED) is 0.570. The van der Waals surface area contributed by atoms with Gasteiger partial charge in [0.25, 0.3) is 0 Å². The van der Waals surface area contributed by atoms with Crippen LogP contribution in [-0.4, -0.2) is 15.1 Å². The average molecular weight is 365 g/mol. The lowest BCUT2D eigenvalue weighted by Crippen LogP contribution is -2.42. The monoisotopic (exact) mass is 364 g/mol. The van der Waals surface area contributed by atoms with Gasteiger partial charge in [-0.3, -0.25) is 4.98 Å². The van der Waals surface area contributed by atoms with Crippen molar-refractivity contribution in [1.82, 2.24) is 9.97 Å². The number of hydrogen-bond donors (Lipinski definition) is 1. The van der Waals surface area contributed by atoms with Crippen molar-refractivity contribution in [3.63, 3.8) is 0 Å². The lowest BCUT2D eigenvalue weighted by Gasteiger charge is -2.43. The highest BCUT2D eigenvalue weighted by molar-refractivity contribution is 6.02. The standard InChI is InChI=1S/C24H32N2O/c1-16(22(2,3)4)15-23(5,6)24(7,27)19-13-12-18-11-10-17-9-8-14-25-20(17)21(18)26-19/h8-14,16,27H,15H2,1-7H3. The van der Waals surface area contributed by atoms with Crippen LogP contribution in [0.4, 0.5) is 0 Å². The molecule has 0 amide bonds. The van der Waals surface area contributed by atoms with Crippen LogP contribution < -0.4 is 0 Å². The van der Waals surface area contributed by atoms with E-state index < -0.39 is 5.60 Å². The molecule has 3 rings (SSSR count). The number of nitrogens with zero attached hydrogens (tertiary/aromatic N) is 2. The van der Waals surface area contributed by atoms with Gasteiger partial charge in [-0.2, -0.15) is 0 Å². The van der Waals surface area contributed by atoms with E-state index in [-0.39, 0.29) is 10.8 Å². The number of aromatic nitrogens is 2. The van der Waals surface area contributed by atoms with E-state index in [4.69, 9.17) is 4.98 Å². The number of benzene rings is 1. The van der Waals surface area contributed by atoms with Gasteiger partial charge in [0, 0.05) is 17.0 Å². The van der Waals surface area contributed by atoms with Crippen molar-refractivity contribution in [1.29, 1.82) is 0 Å². The number of fused-ring (bicyclic) bond motifs is 3. The molecule has 0 aliphatic heterocycles. The maximum atomic E-state index is 11.6. The number of aliphatic hydroxyl groups is 1. The van der Waals surface area contributed by atoms with Gasteiger partial charge in [0.2, 0.25) is 0 Å². The fourth-order valence-electron chi connectivity index (χ4n) is 3.61.